The fraction of sp³-hybridized carbons (Fsp3) is 0.381. The molecule has 0 unspecified atom stereocenters. The summed E-state index contributed by atoms with van der Waals surface area (Å²) in [5, 5.41) is 5.53. The highest BCUT2D eigenvalue weighted by atomic mass is 35.5. The second kappa shape index (κ2) is 7.17. The largest absolute Gasteiger partial charge is 0.338 e. The number of rotatable bonds is 2. The monoisotopic (exact) mass is 400 g/mol. The number of pyridine rings is 1. The van der Waals surface area contributed by atoms with Crippen molar-refractivity contribution in [1.29, 1.82) is 0 Å². The highest BCUT2D eigenvalue weighted by Crippen LogP contribution is 2.32. The molecular weight excluding hydrogens is 379 g/mol. The summed E-state index contributed by atoms with van der Waals surface area (Å²) in [7, 11) is 0. The SMILES string of the molecule is Cc1nn(-c2ccc(F)cc2)c2ncc(C(=O)N3C[C@H](C)C[C@@H](C)C3)c(Cl)c12. The summed E-state index contributed by atoms with van der Waals surface area (Å²) in [5.74, 6) is 0.518. The van der Waals surface area contributed by atoms with Crippen molar-refractivity contribution in [3.63, 3.8) is 0 Å². The Balaban J connectivity index is 1.76. The molecule has 146 valence electrons. The molecule has 5 nitrogen and oxygen atoms in total. The molecule has 0 spiro atoms. The summed E-state index contributed by atoms with van der Waals surface area (Å²) < 4.78 is 14.9. The lowest BCUT2D eigenvalue weighted by Crippen LogP contribution is -2.42. The van der Waals surface area contributed by atoms with Crippen molar-refractivity contribution < 1.29 is 9.18 Å². The number of nitrogens with zero attached hydrogens (tertiary/aromatic N) is 4. The molecule has 1 saturated heterocycles. The van der Waals surface area contributed by atoms with Crippen LogP contribution in [0.3, 0.4) is 0 Å². The van der Waals surface area contributed by atoms with Gasteiger partial charge in [0.05, 0.1) is 27.4 Å². The summed E-state index contributed by atoms with van der Waals surface area (Å²) in [5.41, 5.74) is 2.30. The molecule has 1 amide bonds. The summed E-state index contributed by atoms with van der Waals surface area (Å²) in [6, 6.07) is 6.01. The van der Waals surface area contributed by atoms with Gasteiger partial charge in [-0.3, -0.25) is 4.79 Å². The van der Waals surface area contributed by atoms with Crippen molar-refractivity contribution in [2.24, 2.45) is 11.8 Å². The summed E-state index contributed by atoms with van der Waals surface area (Å²) in [6.45, 7) is 7.61. The van der Waals surface area contributed by atoms with Gasteiger partial charge in [-0.25, -0.2) is 14.1 Å². The third-order valence-electron chi connectivity index (χ3n) is 5.27. The van der Waals surface area contributed by atoms with Gasteiger partial charge in [0, 0.05) is 19.3 Å². The Morgan fingerprint density at radius 2 is 1.82 bits per heavy atom. The van der Waals surface area contributed by atoms with E-state index in [4.69, 9.17) is 11.6 Å². The molecule has 0 bridgehead atoms. The Morgan fingerprint density at radius 3 is 2.46 bits per heavy atom. The number of hydrogen-bond acceptors (Lipinski definition) is 3. The van der Waals surface area contributed by atoms with Crippen LogP contribution >= 0.6 is 11.6 Å². The van der Waals surface area contributed by atoms with E-state index in [1.807, 2.05) is 11.8 Å². The molecule has 4 rings (SSSR count). The minimum absolute atomic E-state index is 0.0910. The Hall–Kier alpha value is -2.47. The highest BCUT2D eigenvalue weighted by Gasteiger charge is 2.29. The van der Waals surface area contributed by atoms with E-state index in [0.29, 0.717) is 44.8 Å². The Bertz CT molecular complexity index is 1040. The minimum atomic E-state index is -0.319. The maximum atomic E-state index is 13.3. The predicted molar refractivity (Wildman–Crippen MR) is 107 cm³/mol. The fourth-order valence-corrected chi connectivity index (χ4v) is 4.47. The fourth-order valence-electron chi connectivity index (χ4n) is 4.12. The van der Waals surface area contributed by atoms with E-state index in [9.17, 15) is 9.18 Å². The van der Waals surface area contributed by atoms with Crippen molar-refractivity contribution in [3.05, 3.63) is 52.6 Å². The lowest BCUT2D eigenvalue weighted by Gasteiger charge is -2.35. The van der Waals surface area contributed by atoms with Gasteiger partial charge in [0.15, 0.2) is 5.65 Å². The van der Waals surface area contributed by atoms with Gasteiger partial charge in [0.2, 0.25) is 0 Å². The average Bonchev–Trinajstić information content (AvgIpc) is 2.99. The Labute approximate surface area is 168 Å². The maximum absolute atomic E-state index is 13.3. The molecule has 1 aliphatic heterocycles. The molecule has 1 aromatic carbocycles. The molecule has 0 saturated carbocycles. The van der Waals surface area contributed by atoms with Crippen LogP contribution in [0.5, 0.6) is 0 Å². The smallest absolute Gasteiger partial charge is 0.256 e. The van der Waals surface area contributed by atoms with E-state index in [-0.39, 0.29) is 11.7 Å². The third kappa shape index (κ3) is 3.26. The number of hydrogen-bond donors (Lipinski definition) is 0. The van der Waals surface area contributed by atoms with Crippen LogP contribution in [-0.4, -0.2) is 38.7 Å². The molecule has 3 heterocycles. The normalized spacial score (nSPS) is 20.0. The minimum Gasteiger partial charge on any atom is -0.338 e. The number of fused-ring (bicyclic) bond motifs is 1. The number of piperidine rings is 1. The van der Waals surface area contributed by atoms with Gasteiger partial charge >= 0.3 is 0 Å². The number of benzene rings is 1. The number of likely N-dealkylation sites (tertiary alicyclic amines) is 1. The molecule has 0 aliphatic carbocycles. The van der Waals surface area contributed by atoms with E-state index >= 15 is 0 Å². The van der Waals surface area contributed by atoms with Gasteiger partial charge in [0.1, 0.15) is 5.82 Å². The molecule has 7 heteroatoms. The van der Waals surface area contributed by atoms with Crippen molar-refractivity contribution in [2.75, 3.05) is 13.1 Å². The number of aromatic nitrogens is 3. The zero-order valence-electron chi connectivity index (χ0n) is 16.1. The van der Waals surface area contributed by atoms with Crippen molar-refractivity contribution in [3.8, 4) is 5.69 Å². The van der Waals surface area contributed by atoms with Crippen molar-refractivity contribution >= 4 is 28.5 Å². The van der Waals surface area contributed by atoms with E-state index in [0.717, 1.165) is 19.5 Å². The Kier molecular flexibility index (Phi) is 4.83. The van der Waals surface area contributed by atoms with Crippen LogP contribution in [0.2, 0.25) is 5.02 Å². The molecular formula is C21H22ClFN4O. The van der Waals surface area contributed by atoms with Crippen molar-refractivity contribution in [1.82, 2.24) is 19.7 Å². The van der Waals surface area contributed by atoms with Crippen LogP contribution in [0.1, 0.15) is 36.3 Å². The quantitative estimate of drug-likeness (QED) is 0.629. The van der Waals surface area contributed by atoms with E-state index in [1.54, 1.807) is 16.8 Å². The summed E-state index contributed by atoms with van der Waals surface area (Å²) in [6.07, 6.45) is 2.65. The van der Waals surface area contributed by atoms with Crippen LogP contribution in [0.15, 0.2) is 30.5 Å². The average molecular weight is 401 g/mol. The first-order valence-electron chi connectivity index (χ1n) is 9.44. The zero-order valence-corrected chi connectivity index (χ0v) is 16.9. The van der Waals surface area contributed by atoms with Crippen LogP contribution in [0.4, 0.5) is 4.39 Å². The van der Waals surface area contributed by atoms with Crippen molar-refractivity contribution in [2.45, 2.75) is 27.2 Å². The van der Waals surface area contributed by atoms with Crippen LogP contribution in [0, 0.1) is 24.6 Å². The van der Waals surface area contributed by atoms with E-state index in [1.165, 1.54) is 18.3 Å². The number of aryl methyl sites for hydroxylation is 1. The highest BCUT2D eigenvalue weighted by molar-refractivity contribution is 6.38. The first-order valence-corrected chi connectivity index (χ1v) is 9.82. The van der Waals surface area contributed by atoms with Gasteiger partial charge in [-0.2, -0.15) is 5.10 Å². The topological polar surface area (TPSA) is 51.0 Å². The molecule has 28 heavy (non-hydrogen) atoms. The lowest BCUT2D eigenvalue weighted by molar-refractivity contribution is 0.0623. The number of carbonyl (C=O) groups excluding carboxylic acids is 1. The van der Waals surface area contributed by atoms with Crippen LogP contribution < -0.4 is 0 Å². The molecule has 2 atom stereocenters. The molecule has 0 N–H and O–H groups in total. The van der Waals surface area contributed by atoms with Crippen LogP contribution in [-0.2, 0) is 0 Å². The van der Waals surface area contributed by atoms with Gasteiger partial charge in [-0.15, -0.1) is 0 Å². The lowest BCUT2D eigenvalue weighted by atomic mass is 9.91. The first kappa shape index (κ1) is 18.9. The van der Waals surface area contributed by atoms with Gasteiger partial charge in [-0.1, -0.05) is 25.4 Å². The molecule has 2 aromatic heterocycles. The summed E-state index contributed by atoms with van der Waals surface area (Å²) >= 11 is 6.66. The molecule has 0 radical (unpaired) electrons. The Morgan fingerprint density at radius 1 is 1.18 bits per heavy atom. The standard InChI is InChI=1S/C21H22ClFN4O/c1-12-8-13(2)11-26(10-12)21(28)17-9-24-20-18(19(17)22)14(3)25-27(20)16-6-4-15(23)5-7-16/h4-7,9,12-13H,8,10-11H2,1-3H3/t12-,13-/m1/s1. The predicted octanol–water partition coefficient (Wildman–Crippen LogP) is 4.64. The second-order valence-electron chi connectivity index (χ2n) is 7.81. The van der Waals surface area contributed by atoms with Gasteiger partial charge in [0.25, 0.3) is 5.91 Å². The summed E-state index contributed by atoms with van der Waals surface area (Å²) in [4.78, 5) is 19.5. The first-order chi connectivity index (χ1) is 13.3. The number of halogens is 2. The zero-order chi connectivity index (χ0) is 20.0. The molecule has 1 aliphatic rings. The number of carbonyl (C=O) groups is 1. The second-order valence-corrected chi connectivity index (χ2v) is 8.19. The van der Waals surface area contributed by atoms with Crippen LogP contribution in [0.25, 0.3) is 16.7 Å². The van der Waals surface area contributed by atoms with Gasteiger partial charge < -0.3 is 4.90 Å². The maximum Gasteiger partial charge on any atom is 0.256 e. The number of amides is 1. The third-order valence-corrected chi connectivity index (χ3v) is 5.66. The molecule has 1 fully saturated rings. The van der Waals surface area contributed by atoms with E-state index < -0.39 is 0 Å². The van der Waals surface area contributed by atoms with E-state index in [2.05, 4.69) is 23.9 Å². The van der Waals surface area contributed by atoms with Gasteiger partial charge in [-0.05, 0) is 49.4 Å². The molecule has 3 aromatic rings.